The van der Waals surface area contributed by atoms with E-state index in [4.69, 9.17) is 21.7 Å². The van der Waals surface area contributed by atoms with E-state index in [1.807, 2.05) is 24.3 Å². The molecule has 2 aromatic carbocycles. The second-order valence-corrected chi connectivity index (χ2v) is 9.72. The molecule has 0 saturated heterocycles. The minimum atomic E-state index is -0.830. The Morgan fingerprint density at radius 1 is 1.08 bits per heavy atom. The number of aliphatic carboxylic acids is 1. The predicted molar refractivity (Wildman–Crippen MR) is 140 cm³/mol. The average molecular weight is 518 g/mol. The predicted octanol–water partition coefficient (Wildman–Crippen LogP) is 6.30. The zero-order valence-electron chi connectivity index (χ0n) is 20.0. The fourth-order valence-electron chi connectivity index (χ4n) is 4.85. The molecule has 5 rings (SSSR count). The van der Waals surface area contributed by atoms with Crippen LogP contribution < -0.4 is 5.32 Å². The van der Waals surface area contributed by atoms with Crippen LogP contribution in [-0.2, 0) is 17.6 Å². The third-order valence-electron chi connectivity index (χ3n) is 6.70. The summed E-state index contributed by atoms with van der Waals surface area (Å²) in [5, 5.41) is 13.5. The topological polar surface area (TPSA) is 92.2 Å². The van der Waals surface area contributed by atoms with Gasteiger partial charge in [0, 0.05) is 28.6 Å². The maximum atomic E-state index is 13.5. The van der Waals surface area contributed by atoms with Crippen molar-refractivity contribution >= 4 is 34.5 Å². The fourth-order valence-corrected chi connectivity index (χ4v) is 5.04. The van der Waals surface area contributed by atoms with Gasteiger partial charge in [-0.2, -0.15) is 0 Å². The molecule has 1 amide bonds. The molecule has 0 radical (unpaired) electrons. The number of halogens is 2. The molecule has 2 heterocycles. The van der Waals surface area contributed by atoms with Gasteiger partial charge in [0.1, 0.15) is 5.82 Å². The molecule has 0 spiro atoms. The average Bonchev–Trinajstić information content (AvgIpc) is 3.27. The third-order valence-corrected chi connectivity index (χ3v) is 6.94. The summed E-state index contributed by atoms with van der Waals surface area (Å²) in [6.07, 6.45) is 5.07. The lowest BCUT2D eigenvalue weighted by molar-refractivity contribution is -0.137. The van der Waals surface area contributed by atoms with Crippen molar-refractivity contribution in [2.75, 3.05) is 0 Å². The highest BCUT2D eigenvalue weighted by molar-refractivity contribution is 6.30. The molecule has 4 aromatic rings. The van der Waals surface area contributed by atoms with Gasteiger partial charge in [-0.15, -0.1) is 0 Å². The molecule has 1 atom stereocenters. The van der Waals surface area contributed by atoms with Gasteiger partial charge in [0.15, 0.2) is 5.65 Å². The van der Waals surface area contributed by atoms with E-state index >= 15 is 0 Å². The number of unbranched alkanes of at least 4 members (excludes halogenated alkanes) is 1. The van der Waals surface area contributed by atoms with Gasteiger partial charge in [-0.05, 0) is 97.3 Å². The Morgan fingerprint density at radius 2 is 1.89 bits per heavy atom. The zero-order valence-corrected chi connectivity index (χ0v) is 20.8. The van der Waals surface area contributed by atoms with Crippen molar-refractivity contribution in [1.29, 1.82) is 0 Å². The molecule has 6 nitrogen and oxygen atoms in total. The molecule has 1 aliphatic carbocycles. The van der Waals surface area contributed by atoms with Gasteiger partial charge < -0.3 is 10.4 Å². The van der Waals surface area contributed by atoms with E-state index in [1.54, 1.807) is 18.2 Å². The molecule has 1 aliphatic rings. The van der Waals surface area contributed by atoms with Crippen molar-refractivity contribution in [3.8, 4) is 11.3 Å². The van der Waals surface area contributed by atoms with Crippen LogP contribution in [0.2, 0.25) is 5.02 Å². The number of amides is 1. The molecule has 37 heavy (non-hydrogen) atoms. The van der Waals surface area contributed by atoms with Crippen molar-refractivity contribution in [2.45, 2.75) is 44.6 Å². The van der Waals surface area contributed by atoms with E-state index < -0.39 is 5.97 Å². The van der Waals surface area contributed by atoms with Gasteiger partial charge >= 0.3 is 5.97 Å². The number of benzene rings is 2. The largest absolute Gasteiger partial charge is 0.481 e. The Balaban J connectivity index is 1.42. The van der Waals surface area contributed by atoms with Crippen LogP contribution in [0.3, 0.4) is 0 Å². The highest BCUT2D eigenvalue weighted by Gasteiger charge is 2.25. The number of nitrogens with one attached hydrogen (secondary N) is 1. The van der Waals surface area contributed by atoms with Gasteiger partial charge in [-0.25, -0.2) is 14.4 Å². The molecular formula is C29H25ClFN3O3. The summed E-state index contributed by atoms with van der Waals surface area (Å²) in [5.41, 5.74) is 5.47. The minimum absolute atomic E-state index is 0.0840. The lowest BCUT2D eigenvalue weighted by atomic mass is 9.99. The number of pyridine rings is 2. The minimum Gasteiger partial charge on any atom is -0.481 e. The molecule has 0 unspecified atom stereocenters. The first-order chi connectivity index (χ1) is 17.9. The van der Waals surface area contributed by atoms with Crippen LogP contribution in [0.1, 0.15) is 58.8 Å². The maximum Gasteiger partial charge on any atom is 0.303 e. The lowest BCUT2D eigenvalue weighted by Crippen LogP contribution is -2.27. The Bertz CT molecular complexity index is 1490. The van der Waals surface area contributed by atoms with Crippen molar-refractivity contribution in [1.82, 2.24) is 15.3 Å². The molecule has 0 bridgehead atoms. The Hall–Kier alpha value is -3.84. The summed E-state index contributed by atoms with van der Waals surface area (Å²) in [6.45, 7) is 0. The second kappa shape index (κ2) is 10.6. The highest BCUT2D eigenvalue weighted by atomic mass is 35.5. The summed E-state index contributed by atoms with van der Waals surface area (Å²) in [4.78, 5) is 33.2. The molecular weight excluding hydrogens is 493 g/mol. The van der Waals surface area contributed by atoms with Gasteiger partial charge in [-0.1, -0.05) is 17.7 Å². The van der Waals surface area contributed by atoms with E-state index in [0.29, 0.717) is 46.6 Å². The number of aryl methyl sites for hydroxylation is 2. The quantitative estimate of drug-likeness (QED) is 0.267. The zero-order chi connectivity index (χ0) is 25.9. The number of rotatable bonds is 8. The van der Waals surface area contributed by atoms with Crippen LogP contribution in [0, 0.1) is 5.82 Å². The van der Waals surface area contributed by atoms with Gasteiger partial charge in [-0.3, -0.25) is 9.59 Å². The number of carboxylic acids is 1. The van der Waals surface area contributed by atoms with Crippen LogP contribution in [0.4, 0.5) is 4.39 Å². The highest BCUT2D eigenvalue weighted by Crippen LogP contribution is 2.33. The molecule has 0 saturated carbocycles. The first-order valence-electron chi connectivity index (χ1n) is 12.2. The SMILES string of the molecule is O=C(O)CCCCc1cc2cc(C(=O)N[C@H]3CCc4cc(Cl)ccc43)cnc2nc1-c1ccc(F)cc1. The normalized spacial score (nSPS) is 14.5. The van der Waals surface area contributed by atoms with Crippen molar-refractivity contribution in [3.05, 3.63) is 93.9 Å². The number of carbonyl (C=O) groups excluding carboxylic acids is 1. The molecule has 0 fully saturated rings. The van der Waals surface area contributed by atoms with Crippen molar-refractivity contribution in [2.24, 2.45) is 0 Å². The Morgan fingerprint density at radius 3 is 2.68 bits per heavy atom. The van der Waals surface area contributed by atoms with E-state index in [2.05, 4.69) is 10.3 Å². The summed E-state index contributed by atoms with van der Waals surface area (Å²) in [5.74, 6) is -1.38. The number of hydrogen-bond acceptors (Lipinski definition) is 4. The van der Waals surface area contributed by atoms with E-state index in [1.165, 1.54) is 18.3 Å². The lowest BCUT2D eigenvalue weighted by Gasteiger charge is -2.15. The summed E-state index contributed by atoms with van der Waals surface area (Å²) in [6, 6.07) is 15.5. The maximum absolute atomic E-state index is 13.5. The second-order valence-electron chi connectivity index (χ2n) is 9.28. The van der Waals surface area contributed by atoms with Crippen molar-refractivity contribution in [3.63, 3.8) is 0 Å². The first-order valence-corrected chi connectivity index (χ1v) is 12.6. The van der Waals surface area contributed by atoms with Gasteiger partial charge in [0.25, 0.3) is 5.91 Å². The van der Waals surface area contributed by atoms with Gasteiger partial charge in [0.2, 0.25) is 0 Å². The van der Waals surface area contributed by atoms with Gasteiger partial charge in [0.05, 0.1) is 17.3 Å². The van der Waals surface area contributed by atoms with E-state index in [-0.39, 0.29) is 24.2 Å². The number of hydrogen-bond donors (Lipinski definition) is 2. The monoisotopic (exact) mass is 517 g/mol. The van der Waals surface area contributed by atoms with Crippen molar-refractivity contribution < 1.29 is 19.1 Å². The van der Waals surface area contributed by atoms with E-state index in [0.717, 1.165) is 35.1 Å². The van der Waals surface area contributed by atoms with E-state index in [9.17, 15) is 14.0 Å². The number of carbonyl (C=O) groups is 2. The Kier molecular flexibility index (Phi) is 7.15. The summed E-state index contributed by atoms with van der Waals surface area (Å²) < 4.78 is 13.5. The van der Waals surface area contributed by atoms with Crippen LogP contribution in [0.5, 0.6) is 0 Å². The third kappa shape index (κ3) is 5.62. The van der Waals surface area contributed by atoms with Crippen LogP contribution in [0.15, 0.2) is 60.8 Å². The Labute approximate surface area is 218 Å². The number of nitrogens with zero attached hydrogens (tertiary/aromatic N) is 2. The number of carboxylic acid groups (broad SMARTS) is 1. The molecule has 2 N–H and O–H groups in total. The molecule has 188 valence electrons. The number of fused-ring (bicyclic) bond motifs is 2. The first kappa shape index (κ1) is 24.8. The summed E-state index contributed by atoms with van der Waals surface area (Å²) >= 11 is 6.11. The molecule has 0 aliphatic heterocycles. The summed E-state index contributed by atoms with van der Waals surface area (Å²) in [7, 11) is 0. The van der Waals surface area contributed by atoms with Crippen LogP contribution >= 0.6 is 11.6 Å². The fraction of sp³-hybridized carbons (Fsp3) is 0.241. The smallest absolute Gasteiger partial charge is 0.303 e. The molecule has 2 aromatic heterocycles. The molecule has 8 heteroatoms. The standard InChI is InChI=1S/C29H25ClFN3O3/c30-22-8-11-24-18(15-22)7-12-25(24)33-29(37)21-14-20-13-19(3-1-2-4-26(35)36)27(34-28(20)32-16-21)17-5-9-23(31)10-6-17/h5-6,8-11,13-16,25H,1-4,7,12H2,(H,33,37)(H,35,36)/t25-/m0/s1. The van der Waals surface area contributed by atoms with Crippen LogP contribution in [0.25, 0.3) is 22.3 Å². The number of aromatic nitrogens is 2. The van der Waals surface area contributed by atoms with Crippen LogP contribution in [-0.4, -0.2) is 27.0 Å².